The van der Waals surface area contributed by atoms with Crippen molar-refractivity contribution in [2.75, 3.05) is 6.54 Å². The molecule has 0 fully saturated rings. The molecule has 0 aliphatic carbocycles. The summed E-state index contributed by atoms with van der Waals surface area (Å²) >= 11 is 0. The third-order valence-electron chi connectivity index (χ3n) is 4.78. The first-order chi connectivity index (χ1) is 14.2. The monoisotopic (exact) mass is 386 g/mol. The number of aromatic nitrogens is 3. The number of nitrogens with zero attached hydrogens (tertiary/aromatic N) is 3. The fourth-order valence-electron chi connectivity index (χ4n) is 3.19. The standard InChI is InChI=1S/C23H22N4O2/c1-16-7-9-19(10-8-16)23-26-21(29-27-23)12-11-20(28)24-15-13-18-5-2-4-17-6-3-14-25-22(17)18/h2-10,14H,11-13,15H2,1H3,(H,24,28). The fraction of sp³-hybridized carbons (Fsp3) is 0.217. The first kappa shape index (κ1) is 18.8. The Kier molecular flexibility index (Phi) is 5.61. The van der Waals surface area contributed by atoms with Gasteiger partial charge in [0.25, 0.3) is 0 Å². The molecule has 0 aliphatic heterocycles. The molecule has 0 atom stereocenters. The quantitative estimate of drug-likeness (QED) is 0.521. The van der Waals surface area contributed by atoms with E-state index in [1.54, 1.807) is 6.20 Å². The second kappa shape index (κ2) is 8.65. The van der Waals surface area contributed by atoms with Crippen LogP contribution in [0.15, 0.2) is 65.3 Å². The van der Waals surface area contributed by atoms with Crippen LogP contribution >= 0.6 is 0 Å². The zero-order chi connectivity index (χ0) is 20.1. The normalized spacial score (nSPS) is 10.9. The molecule has 6 nitrogen and oxygen atoms in total. The van der Waals surface area contributed by atoms with E-state index in [1.165, 1.54) is 5.56 Å². The van der Waals surface area contributed by atoms with Crippen LogP contribution in [0.25, 0.3) is 22.3 Å². The molecule has 1 N–H and O–H groups in total. The van der Waals surface area contributed by atoms with Crippen molar-refractivity contribution in [3.63, 3.8) is 0 Å². The Morgan fingerprint density at radius 2 is 1.86 bits per heavy atom. The Hall–Kier alpha value is -3.54. The van der Waals surface area contributed by atoms with Crippen molar-refractivity contribution in [3.8, 4) is 11.4 Å². The number of hydrogen-bond donors (Lipinski definition) is 1. The maximum atomic E-state index is 12.2. The number of rotatable bonds is 7. The van der Waals surface area contributed by atoms with E-state index < -0.39 is 0 Å². The van der Waals surface area contributed by atoms with Crippen molar-refractivity contribution < 1.29 is 9.32 Å². The second-order valence-corrected chi connectivity index (χ2v) is 6.97. The third kappa shape index (κ3) is 4.66. The number of aryl methyl sites for hydroxylation is 2. The van der Waals surface area contributed by atoms with Crippen molar-refractivity contribution >= 4 is 16.8 Å². The predicted octanol–water partition coefficient (Wildman–Crippen LogP) is 3.88. The summed E-state index contributed by atoms with van der Waals surface area (Å²) in [4.78, 5) is 21.0. The van der Waals surface area contributed by atoms with Crippen LogP contribution < -0.4 is 5.32 Å². The summed E-state index contributed by atoms with van der Waals surface area (Å²) in [5.41, 5.74) is 4.19. The van der Waals surface area contributed by atoms with Crippen LogP contribution in [0.3, 0.4) is 0 Å². The highest BCUT2D eigenvalue weighted by Crippen LogP contribution is 2.17. The first-order valence-electron chi connectivity index (χ1n) is 9.68. The lowest BCUT2D eigenvalue weighted by Crippen LogP contribution is -2.26. The second-order valence-electron chi connectivity index (χ2n) is 6.97. The van der Waals surface area contributed by atoms with Crippen molar-refractivity contribution in [2.24, 2.45) is 0 Å². The summed E-state index contributed by atoms with van der Waals surface area (Å²) in [5, 5.41) is 8.06. The van der Waals surface area contributed by atoms with Crippen LogP contribution in [-0.2, 0) is 17.6 Å². The molecule has 2 aromatic heterocycles. The number of amides is 1. The van der Waals surface area contributed by atoms with E-state index in [2.05, 4.69) is 20.4 Å². The van der Waals surface area contributed by atoms with E-state index in [9.17, 15) is 4.79 Å². The van der Waals surface area contributed by atoms with Crippen LogP contribution in [0.1, 0.15) is 23.4 Å². The van der Waals surface area contributed by atoms with Crippen molar-refractivity contribution in [2.45, 2.75) is 26.2 Å². The van der Waals surface area contributed by atoms with Gasteiger partial charge in [-0.15, -0.1) is 0 Å². The fourth-order valence-corrected chi connectivity index (χ4v) is 3.19. The van der Waals surface area contributed by atoms with Gasteiger partial charge < -0.3 is 9.84 Å². The Labute approximate surface area is 169 Å². The highest BCUT2D eigenvalue weighted by atomic mass is 16.5. The summed E-state index contributed by atoms with van der Waals surface area (Å²) in [6.45, 7) is 2.59. The third-order valence-corrected chi connectivity index (χ3v) is 4.78. The molecule has 6 heteroatoms. The lowest BCUT2D eigenvalue weighted by molar-refractivity contribution is -0.121. The minimum absolute atomic E-state index is 0.0340. The maximum Gasteiger partial charge on any atom is 0.227 e. The molecule has 0 spiro atoms. The highest BCUT2D eigenvalue weighted by molar-refractivity contribution is 5.81. The van der Waals surface area contributed by atoms with Gasteiger partial charge in [0.15, 0.2) is 0 Å². The number of carbonyl (C=O) groups excluding carboxylic acids is 1. The Bertz CT molecular complexity index is 1110. The predicted molar refractivity (Wildman–Crippen MR) is 111 cm³/mol. The summed E-state index contributed by atoms with van der Waals surface area (Å²) in [6, 6.07) is 18.0. The lowest BCUT2D eigenvalue weighted by atomic mass is 10.1. The highest BCUT2D eigenvalue weighted by Gasteiger charge is 2.11. The number of hydrogen-bond acceptors (Lipinski definition) is 5. The first-order valence-corrected chi connectivity index (χ1v) is 9.68. The zero-order valence-electron chi connectivity index (χ0n) is 16.3. The van der Waals surface area contributed by atoms with Gasteiger partial charge >= 0.3 is 0 Å². The van der Waals surface area contributed by atoms with Crippen LogP contribution in [0.5, 0.6) is 0 Å². The van der Waals surface area contributed by atoms with Crippen LogP contribution in [0.2, 0.25) is 0 Å². The largest absolute Gasteiger partial charge is 0.356 e. The number of benzene rings is 2. The summed E-state index contributed by atoms with van der Waals surface area (Å²) in [6.07, 6.45) is 3.25. The van der Waals surface area contributed by atoms with Crippen LogP contribution in [-0.4, -0.2) is 27.6 Å². The van der Waals surface area contributed by atoms with E-state index in [4.69, 9.17) is 4.52 Å². The minimum atomic E-state index is -0.0340. The van der Waals surface area contributed by atoms with E-state index in [-0.39, 0.29) is 5.91 Å². The molecule has 0 saturated carbocycles. The Balaban J connectivity index is 1.27. The molecule has 2 heterocycles. The molecule has 0 aliphatic rings. The smallest absolute Gasteiger partial charge is 0.227 e. The number of nitrogens with one attached hydrogen (secondary N) is 1. The molecule has 2 aromatic carbocycles. The van der Waals surface area contributed by atoms with Crippen molar-refractivity contribution in [3.05, 3.63) is 77.8 Å². The number of carbonyl (C=O) groups is 1. The molecule has 1 amide bonds. The van der Waals surface area contributed by atoms with Crippen LogP contribution in [0, 0.1) is 6.92 Å². The number of fused-ring (bicyclic) bond motifs is 1. The average Bonchev–Trinajstić information content (AvgIpc) is 3.22. The van der Waals surface area contributed by atoms with Crippen molar-refractivity contribution in [1.82, 2.24) is 20.4 Å². The van der Waals surface area contributed by atoms with Gasteiger partial charge in [-0.25, -0.2) is 0 Å². The Morgan fingerprint density at radius 1 is 1.03 bits per heavy atom. The van der Waals surface area contributed by atoms with Gasteiger partial charge in [-0.1, -0.05) is 59.3 Å². The molecule has 0 saturated heterocycles. The maximum absolute atomic E-state index is 12.2. The molecule has 146 valence electrons. The zero-order valence-corrected chi connectivity index (χ0v) is 16.3. The van der Waals surface area contributed by atoms with Gasteiger partial charge in [0.2, 0.25) is 17.6 Å². The van der Waals surface area contributed by atoms with E-state index in [1.807, 2.05) is 61.5 Å². The molecule has 0 unspecified atom stereocenters. The summed E-state index contributed by atoms with van der Waals surface area (Å²) < 4.78 is 5.27. The van der Waals surface area contributed by atoms with E-state index in [0.29, 0.717) is 31.1 Å². The lowest BCUT2D eigenvalue weighted by Gasteiger charge is -2.07. The van der Waals surface area contributed by atoms with Gasteiger partial charge in [-0.05, 0) is 25.0 Å². The molecular formula is C23H22N4O2. The van der Waals surface area contributed by atoms with Gasteiger partial charge in [-0.2, -0.15) is 4.98 Å². The molecule has 0 radical (unpaired) electrons. The van der Waals surface area contributed by atoms with Gasteiger partial charge in [-0.3, -0.25) is 9.78 Å². The molecule has 0 bridgehead atoms. The molecule has 4 aromatic rings. The molecule has 29 heavy (non-hydrogen) atoms. The minimum Gasteiger partial charge on any atom is -0.356 e. The Morgan fingerprint density at radius 3 is 2.72 bits per heavy atom. The SMILES string of the molecule is Cc1ccc(-c2noc(CCC(=O)NCCc3cccc4cccnc34)n2)cc1. The van der Waals surface area contributed by atoms with Crippen LogP contribution in [0.4, 0.5) is 0 Å². The van der Waals surface area contributed by atoms with E-state index in [0.717, 1.165) is 28.5 Å². The number of pyridine rings is 1. The summed E-state index contributed by atoms with van der Waals surface area (Å²) in [7, 11) is 0. The van der Waals surface area contributed by atoms with Gasteiger partial charge in [0, 0.05) is 36.5 Å². The topological polar surface area (TPSA) is 80.9 Å². The van der Waals surface area contributed by atoms with E-state index >= 15 is 0 Å². The summed E-state index contributed by atoms with van der Waals surface area (Å²) in [5.74, 6) is 0.978. The molecule has 4 rings (SSSR count). The average molecular weight is 386 g/mol. The molecular weight excluding hydrogens is 364 g/mol. The van der Waals surface area contributed by atoms with Crippen molar-refractivity contribution in [1.29, 1.82) is 0 Å². The number of para-hydroxylation sites is 1. The van der Waals surface area contributed by atoms with Gasteiger partial charge in [0.1, 0.15) is 0 Å². The van der Waals surface area contributed by atoms with Gasteiger partial charge in [0.05, 0.1) is 5.52 Å².